The third kappa shape index (κ3) is 6.19. The van der Waals surface area contributed by atoms with Gasteiger partial charge < -0.3 is 20.9 Å². The quantitative estimate of drug-likeness (QED) is 0.184. The number of halogens is 1. The first-order chi connectivity index (χ1) is 14.1. The number of carbonyl (C=O) groups excluding carboxylic acids is 1. The second-order valence-electron chi connectivity index (χ2n) is 6.84. The summed E-state index contributed by atoms with van der Waals surface area (Å²) in [5, 5.41) is 6.64. The van der Waals surface area contributed by atoms with E-state index in [2.05, 4.69) is 31.2 Å². The molecule has 0 bridgehead atoms. The van der Waals surface area contributed by atoms with Gasteiger partial charge in [-0.15, -0.1) is 24.0 Å². The van der Waals surface area contributed by atoms with Crippen molar-refractivity contribution in [2.24, 2.45) is 10.7 Å². The van der Waals surface area contributed by atoms with Crippen LogP contribution in [0.4, 0.5) is 0 Å². The third-order valence-corrected chi connectivity index (χ3v) is 4.70. The fourth-order valence-electron chi connectivity index (χ4n) is 3.21. The minimum atomic E-state index is -0.420. The van der Waals surface area contributed by atoms with Crippen molar-refractivity contribution in [1.82, 2.24) is 20.2 Å². The van der Waals surface area contributed by atoms with Crippen molar-refractivity contribution in [3.05, 3.63) is 65.5 Å². The zero-order chi connectivity index (χ0) is 20.6. The van der Waals surface area contributed by atoms with E-state index in [0.717, 1.165) is 48.9 Å². The molecule has 4 N–H and O–H groups in total. The molecule has 7 nitrogen and oxygen atoms in total. The van der Waals surface area contributed by atoms with E-state index >= 15 is 0 Å². The van der Waals surface area contributed by atoms with Crippen LogP contribution < -0.4 is 16.4 Å². The first kappa shape index (κ1) is 23.7. The highest BCUT2D eigenvalue weighted by Crippen LogP contribution is 2.15. The van der Waals surface area contributed by atoms with Crippen molar-refractivity contribution >= 4 is 46.9 Å². The molecule has 1 amide bonds. The van der Waals surface area contributed by atoms with E-state index in [9.17, 15) is 4.79 Å². The number of nitrogens with two attached hydrogens (primary N) is 1. The van der Waals surface area contributed by atoms with Crippen LogP contribution in [0.3, 0.4) is 0 Å². The van der Waals surface area contributed by atoms with Gasteiger partial charge in [0.2, 0.25) is 5.91 Å². The van der Waals surface area contributed by atoms with Gasteiger partial charge in [0, 0.05) is 25.2 Å². The maximum Gasteiger partial charge on any atom is 0.248 e. The minimum absolute atomic E-state index is 0. The van der Waals surface area contributed by atoms with Gasteiger partial charge in [-0.3, -0.25) is 4.79 Å². The fourth-order valence-corrected chi connectivity index (χ4v) is 3.21. The van der Waals surface area contributed by atoms with Gasteiger partial charge in [-0.25, -0.2) is 9.98 Å². The number of hydrogen-bond donors (Lipinski definition) is 3. The summed E-state index contributed by atoms with van der Waals surface area (Å²) in [4.78, 5) is 20.4. The second kappa shape index (κ2) is 11.5. The van der Waals surface area contributed by atoms with E-state index in [1.807, 2.05) is 44.2 Å². The first-order valence-corrected chi connectivity index (χ1v) is 9.91. The Hall–Kier alpha value is -2.62. The summed E-state index contributed by atoms with van der Waals surface area (Å²) in [5.74, 6) is 1.39. The van der Waals surface area contributed by atoms with Crippen molar-refractivity contribution in [1.29, 1.82) is 0 Å². The minimum Gasteiger partial charge on any atom is -0.366 e. The lowest BCUT2D eigenvalue weighted by Gasteiger charge is -2.12. The molecule has 0 aliphatic heterocycles. The van der Waals surface area contributed by atoms with Gasteiger partial charge >= 0.3 is 0 Å². The molecule has 3 aromatic rings. The monoisotopic (exact) mass is 520 g/mol. The zero-order valence-corrected chi connectivity index (χ0v) is 19.7. The summed E-state index contributed by atoms with van der Waals surface area (Å²) in [7, 11) is 0. The molecule has 0 spiro atoms. The van der Waals surface area contributed by atoms with Crippen LogP contribution in [-0.2, 0) is 13.1 Å². The molecule has 2 aromatic carbocycles. The molecule has 0 aliphatic rings. The molecule has 0 saturated heterocycles. The molecular weight excluding hydrogens is 491 g/mol. The number of aromatic nitrogens is 2. The van der Waals surface area contributed by atoms with Crippen LogP contribution in [0.25, 0.3) is 11.0 Å². The molecule has 160 valence electrons. The molecule has 0 radical (unpaired) electrons. The molecule has 0 saturated carbocycles. The Balaban J connectivity index is 0.00000320. The van der Waals surface area contributed by atoms with Gasteiger partial charge in [-0.05, 0) is 50.1 Å². The summed E-state index contributed by atoms with van der Waals surface area (Å²) < 4.78 is 2.25. The van der Waals surface area contributed by atoms with Crippen molar-refractivity contribution in [2.75, 3.05) is 13.1 Å². The molecule has 1 aromatic heterocycles. The fraction of sp³-hybridized carbons (Fsp3) is 0.318. The van der Waals surface area contributed by atoms with Crippen LogP contribution in [0, 0.1) is 6.92 Å². The summed E-state index contributed by atoms with van der Waals surface area (Å²) in [6.07, 6.45) is 0.957. The molecule has 0 aliphatic carbocycles. The predicted molar refractivity (Wildman–Crippen MR) is 132 cm³/mol. The lowest BCUT2D eigenvalue weighted by molar-refractivity contribution is 0.100. The lowest BCUT2D eigenvalue weighted by Crippen LogP contribution is -2.38. The Bertz CT molecular complexity index is 997. The predicted octanol–water partition coefficient (Wildman–Crippen LogP) is 3.21. The Morgan fingerprint density at radius 2 is 1.87 bits per heavy atom. The maximum absolute atomic E-state index is 11.2. The van der Waals surface area contributed by atoms with Crippen LogP contribution >= 0.6 is 24.0 Å². The molecule has 0 unspecified atom stereocenters. The van der Waals surface area contributed by atoms with Crippen molar-refractivity contribution in [3.8, 4) is 0 Å². The summed E-state index contributed by atoms with van der Waals surface area (Å²) in [6, 6.07) is 15.4. The first-order valence-electron chi connectivity index (χ1n) is 9.91. The Kier molecular flexibility index (Phi) is 9.10. The topological polar surface area (TPSA) is 97.3 Å². The van der Waals surface area contributed by atoms with E-state index in [-0.39, 0.29) is 24.0 Å². The number of aliphatic imine (C=N–C) groups is 1. The zero-order valence-electron chi connectivity index (χ0n) is 17.4. The summed E-state index contributed by atoms with van der Waals surface area (Å²) in [6.45, 7) is 7.10. The standard InChI is InChI=1S/C22H28N6O.HI/c1-3-24-22(26-15-17-9-11-18(12-10-17)21(23)29)25-13-6-14-28-16(2)27-19-7-4-5-8-20(19)28;/h4-5,7-12H,3,6,13-15H2,1-2H3,(H2,23,29)(H2,24,25,26);1H. The highest BCUT2D eigenvalue weighted by atomic mass is 127. The lowest BCUT2D eigenvalue weighted by atomic mass is 10.1. The van der Waals surface area contributed by atoms with Gasteiger partial charge in [0.05, 0.1) is 17.6 Å². The average molecular weight is 520 g/mol. The van der Waals surface area contributed by atoms with E-state index in [1.54, 1.807) is 12.1 Å². The Labute approximate surface area is 194 Å². The third-order valence-electron chi connectivity index (χ3n) is 4.70. The number of imidazole rings is 1. The maximum atomic E-state index is 11.2. The number of fused-ring (bicyclic) bond motifs is 1. The highest BCUT2D eigenvalue weighted by Gasteiger charge is 2.06. The number of guanidine groups is 1. The highest BCUT2D eigenvalue weighted by molar-refractivity contribution is 14.0. The van der Waals surface area contributed by atoms with E-state index in [1.165, 1.54) is 5.52 Å². The van der Waals surface area contributed by atoms with Gasteiger partial charge in [0.1, 0.15) is 5.82 Å². The molecule has 0 fully saturated rings. The van der Waals surface area contributed by atoms with Gasteiger partial charge in [0.15, 0.2) is 5.96 Å². The van der Waals surface area contributed by atoms with Crippen molar-refractivity contribution in [2.45, 2.75) is 33.4 Å². The van der Waals surface area contributed by atoms with Crippen LogP contribution in [0.15, 0.2) is 53.5 Å². The number of carbonyl (C=O) groups is 1. The molecule has 1 heterocycles. The number of nitrogens with one attached hydrogen (secondary N) is 2. The SMILES string of the molecule is CCNC(=NCc1ccc(C(N)=O)cc1)NCCCn1c(C)nc2ccccc21.I. The number of nitrogens with zero attached hydrogens (tertiary/aromatic N) is 3. The molecule has 3 rings (SSSR count). The van der Waals surface area contributed by atoms with Crippen molar-refractivity contribution in [3.63, 3.8) is 0 Å². The van der Waals surface area contributed by atoms with Gasteiger partial charge in [-0.2, -0.15) is 0 Å². The Morgan fingerprint density at radius 1 is 1.13 bits per heavy atom. The number of aryl methyl sites for hydroxylation is 2. The number of benzene rings is 2. The summed E-state index contributed by atoms with van der Waals surface area (Å²) >= 11 is 0. The van der Waals surface area contributed by atoms with E-state index in [4.69, 9.17) is 5.73 Å². The largest absolute Gasteiger partial charge is 0.366 e. The van der Waals surface area contributed by atoms with E-state index in [0.29, 0.717) is 12.1 Å². The number of para-hydroxylation sites is 2. The molecule has 8 heteroatoms. The van der Waals surface area contributed by atoms with E-state index < -0.39 is 5.91 Å². The molecular formula is C22H29IN6O. The Morgan fingerprint density at radius 3 is 2.57 bits per heavy atom. The van der Waals surface area contributed by atoms with Crippen LogP contribution in [-0.4, -0.2) is 34.5 Å². The van der Waals surface area contributed by atoms with Crippen LogP contribution in [0.1, 0.15) is 35.1 Å². The number of rotatable bonds is 8. The van der Waals surface area contributed by atoms with Gasteiger partial charge in [0.25, 0.3) is 0 Å². The van der Waals surface area contributed by atoms with Gasteiger partial charge in [-0.1, -0.05) is 24.3 Å². The number of amides is 1. The smallest absolute Gasteiger partial charge is 0.248 e. The molecule has 30 heavy (non-hydrogen) atoms. The number of hydrogen-bond acceptors (Lipinski definition) is 3. The number of primary amides is 1. The van der Waals surface area contributed by atoms with Crippen molar-refractivity contribution < 1.29 is 4.79 Å². The molecule has 0 atom stereocenters. The average Bonchev–Trinajstić information content (AvgIpc) is 3.04. The summed E-state index contributed by atoms with van der Waals surface area (Å²) in [5.41, 5.74) is 9.01. The van der Waals surface area contributed by atoms with Crippen LogP contribution in [0.5, 0.6) is 0 Å². The second-order valence-corrected chi connectivity index (χ2v) is 6.84. The normalized spacial score (nSPS) is 11.2. The van der Waals surface area contributed by atoms with Crippen LogP contribution in [0.2, 0.25) is 0 Å².